The van der Waals surface area contributed by atoms with Crippen molar-refractivity contribution in [1.29, 1.82) is 0 Å². The highest BCUT2D eigenvalue weighted by atomic mass is 16.5. The summed E-state index contributed by atoms with van der Waals surface area (Å²) in [5.74, 6) is -1.37. The molecule has 0 saturated heterocycles. The van der Waals surface area contributed by atoms with Gasteiger partial charge in [0.2, 0.25) is 5.91 Å². The van der Waals surface area contributed by atoms with Gasteiger partial charge in [-0.15, -0.1) is 0 Å². The number of amides is 1. The van der Waals surface area contributed by atoms with Gasteiger partial charge in [-0.25, -0.2) is 0 Å². The van der Waals surface area contributed by atoms with Crippen molar-refractivity contribution in [2.45, 2.75) is 168 Å². The molecule has 0 fully saturated rings. The molecule has 0 bridgehead atoms. The molecule has 1 unspecified atom stereocenters. The van der Waals surface area contributed by atoms with E-state index in [2.05, 4.69) is 61.7 Å². The zero-order chi connectivity index (χ0) is 32.4. The molecule has 0 heterocycles. The van der Waals surface area contributed by atoms with Gasteiger partial charge in [-0.3, -0.25) is 14.4 Å². The molecule has 0 aliphatic heterocycles. The SMILES string of the molecule is CCCC/C=C\C/C=C\C(CCCCCCC(=O)NCC(=O)O)OC(=O)CCCCCCC/C=C\C/C=C\CCCCCC. The molecule has 1 atom stereocenters. The van der Waals surface area contributed by atoms with E-state index in [0.29, 0.717) is 12.8 Å². The lowest BCUT2D eigenvalue weighted by atomic mass is 10.1. The van der Waals surface area contributed by atoms with E-state index in [-0.39, 0.29) is 24.5 Å². The molecule has 0 saturated carbocycles. The molecule has 0 aromatic heterocycles. The number of ether oxygens (including phenoxy) is 1. The van der Waals surface area contributed by atoms with Gasteiger partial charge in [0.25, 0.3) is 0 Å². The number of carbonyl (C=O) groups excluding carboxylic acids is 2. The summed E-state index contributed by atoms with van der Waals surface area (Å²) in [6.45, 7) is 4.11. The van der Waals surface area contributed by atoms with E-state index in [1.807, 2.05) is 6.08 Å². The molecule has 2 N–H and O–H groups in total. The Morgan fingerprint density at radius 1 is 0.614 bits per heavy atom. The fourth-order valence-corrected chi connectivity index (χ4v) is 4.77. The largest absolute Gasteiger partial charge is 0.480 e. The maximum Gasteiger partial charge on any atom is 0.322 e. The molecule has 0 aromatic carbocycles. The van der Waals surface area contributed by atoms with Gasteiger partial charge in [0.1, 0.15) is 12.6 Å². The minimum atomic E-state index is -1.03. The summed E-state index contributed by atoms with van der Waals surface area (Å²) < 4.78 is 5.83. The van der Waals surface area contributed by atoms with Gasteiger partial charge in [0.05, 0.1) is 0 Å². The first kappa shape index (κ1) is 41.4. The normalized spacial score (nSPS) is 12.6. The van der Waals surface area contributed by atoms with Gasteiger partial charge >= 0.3 is 11.9 Å². The van der Waals surface area contributed by atoms with Crippen molar-refractivity contribution in [1.82, 2.24) is 5.32 Å². The number of carboxylic acids is 1. The van der Waals surface area contributed by atoms with E-state index in [1.54, 1.807) is 0 Å². The first-order valence-electron chi connectivity index (χ1n) is 17.8. The third-order valence-electron chi connectivity index (χ3n) is 7.46. The second-order valence-corrected chi connectivity index (χ2v) is 11.8. The Bertz CT molecular complexity index is 814. The van der Waals surface area contributed by atoms with Crippen LogP contribution in [0.2, 0.25) is 0 Å². The second-order valence-electron chi connectivity index (χ2n) is 11.8. The number of hydrogen-bond acceptors (Lipinski definition) is 4. The Labute approximate surface area is 269 Å². The molecule has 0 aliphatic carbocycles. The smallest absolute Gasteiger partial charge is 0.322 e. The van der Waals surface area contributed by atoms with Gasteiger partial charge in [-0.1, -0.05) is 121 Å². The van der Waals surface area contributed by atoms with E-state index >= 15 is 0 Å². The summed E-state index contributed by atoms with van der Waals surface area (Å²) in [6, 6.07) is 0. The predicted octanol–water partition coefficient (Wildman–Crippen LogP) is 10.3. The van der Waals surface area contributed by atoms with Crippen LogP contribution in [0, 0.1) is 0 Å². The van der Waals surface area contributed by atoms with Gasteiger partial charge < -0.3 is 15.2 Å². The fourth-order valence-electron chi connectivity index (χ4n) is 4.77. The Morgan fingerprint density at radius 2 is 1.14 bits per heavy atom. The minimum Gasteiger partial charge on any atom is -0.480 e. The van der Waals surface area contributed by atoms with Crippen LogP contribution in [0.3, 0.4) is 0 Å². The first-order chi connectivity index (χ1) is 21.5. The van der Waals surface area contributed by atoms with Crippen molar-refractivity contribution >= 4 is 17.8 Å². The van der Waals surface area contributed by atoms with Crippen molar-refractivity contribution in [3.8, 4) is 0 Å². The standard InChI is InChI=1S/C38H65NO5/c1-3-5-7-9-11-12-13-14-15-16-17-18-19-21-23-29-33-38(43)44-35(30-26-22-20-10-8-6-4-2)31-27-24-25-28-32-36(40)39-34-37(41)42/h10,12-13,15-16,20,26,30,35H,3-9,11,14,17-19,21-25,27-29,31-34H2,1-2H3,(H,39,40)(H,41,42)/b13-12-,16-15-,20-10-,30-26-. The third kappa shape index (κ3) is 32.3. The molecule has 0 aliphatic rings. The fraction of sp³-hybridized carbons (Fsp3) is 0.711. The summed E-state index contributed by atoms with van der Waals surface area (Å²) in [7, 11) is 0. The summed E-state index contributed by atoms with van der Waals surface area (Å²) in [4.78, 5) is 34.7. The number of hydrogen-bond donors (Lipinski definition) is 2. The number of nitrogens with one attached hydrogen (secondary N) is 1. The number of rotatable bonds is 31. The van der Waals surface area contributed by atoms with Crippen LogP contribution in [-0.4, -0.2) is 35.6 Å². The minimum absolute atomic E-state index is 0.116. The molecule has 0 aromatic rings. The van der Waals surface area contributed by atoms with E-state index in [9.17, 15) is 14.4 Å². The Balaban J connectivity index is 4.17. The van der Waals surface area contributed by atoms with Crippen molar-refractivity contribution in [3.63, 3.8) is 0 Å². The van der Waals surface area contributed by atoms with Crippen molar-refractivity contribution in [2.24, 2.45) is 0 Å². The lowest BCUT2D eigenvalue weighted by molar-refractivity contribution is -0.147. The zero-order valence-electron chi connectivity index (χ0n) is 28.2. The van der Waals surface area contributed by atoms with Crippen LogP contribution in [-0.2, 0) is 19.1 Å². The molecule has 252 valence electrons. The molecule has 0 rings (SSSR count). The number of carboxylic acid groups (broad SMARTS) is 1. The average Bonchev–Trinajstić information content (AvgIpc) is 3.00. The maximum atomic E-state index is 12.6. The van der Waals surface area contributed by atoms with Crippen LogP contribution in [0.5, 0.6) is 0 Å². The quantitative estimate of drug-likeness (QED) is 0.0460. The highest BCUT2D eigenvalue weighted by Crippen LogP contribution is 2.14. The number of esters is 1. The highest BCUT2D eigenvalue weighted by Gasteiger charge is 2.11. The van der Waals surface area contributed by atoms with Gasteiger partial charge in [-0.05, 0) is 76.7 Å². The van der Waals surface area contributed by atoms with Crippen LogP contribution < -0.4 is 5.32 Å². The van der Waals surface area contributed by atoms with E-state index in [1.165, 1.54) is 57.8 Å². The number of allylic oxidation sites excluding steroid dienone is 7. The molecular weight excluding hydrogens is 550 g/mol. The van der Waals surface area contributed by atoms with Crippen LogP contribution in [0.15, 0.2) is 48.6 Å². The van der Waals surface area contributed by atoms with Crippen LogP contribution in [0.1, 0.15) is 162 Å². The van der Waals surface area contributed by atoms with Gasteiger partial charge in [0.15, 0.2) is 0 Å². The number of unbranched alkanes of at least 4 members (excludes halogenated alkanes) is 14. The number of aliphatic carboxylic acids is 1. The van der Waals surface area contributed by atoms with E-state index in [0.717, 1.165) is 77.0 Å². The summed E-state index contributed by atoms with van der Waals surface area (Å²) in [6.07, 6.45) is 41.0. The Hall–Kier alpha value is -2.63. The van der Waals surface area contributed by atoms with Gasteiger partial charge in [-0.2, -0.15) is 0 Å². The van der Waals surface area contributed by atoms with E-state index < -0.39 is 5.97 Å². The maximum absolute atomic E-state index is 12.6. The summed E-state index contributed by atoms with van der Waals surface area (Å²) >= 11 is 0. The molecule has 6 heteroatoms. The number of carbonyl (C=O) groups is 3. The lowest BCUT2D eigenvalue weighted by Gasteiger charge is -2.14. The van der Waals surface area contributed by atoms with Crippen molar-refractivity contribution in [3.05, 3.63) is 48.6 Å². The van der Waals surface area contributed by atoms with Crippen LogP contribution >= 0.6 is 0 Å². The molecule has 0 spiro atoms. The topological polar surface area (TPSA) is 92.7 Å². The van der Waals surface area contributed by atoms with Crippen molar-refractivity contribution < 1.29 is 24.2 Å². The molecular formula is C38H65NO5. The predicted molar refractivity (Wildman–Crippen MR) is 185 cm³/mol. The van der Waals surface area contributed by atoms with Crippen LogP contribution in [0.25, 0.3) is 0 Å². The molecule has 0 radical (unpaired) electrons. The van der Waals surface area contributed by atoms with Gasteiger partial charge in [0, 0.05) is 12.8 Å². The summed E-state index contributed by atoms with van der Waals surface area (Å²) in [5.41, 5.74) is 0. The Morgan fingerprint density at radius 3 is 1.77 bits per heavy atom. The first-order valence-corrected chi connectivity index (χ1v) is 17.8. The molecule has 6 nitrogen and oxygen atoms in total. The zero-order valence-corrected chi connectivity index (χ0v) is 28.2. The molecule has 1 amide bonds. The average molecular weight is 616 g/mol. The van der Waals surface area contributed by atoms with Crippen LogP contribution in [0.4, 0.5) is 0 Å². The monoisotopic (exact) mass is 615 g/mol. The van der Waals surface area contributed by atoms with E-state index in [4.69, 9.17) is 9.84 Å². The van der Waals surface area contributed by atoms with Crippen molar-refractivity contribution in [2.75, 3.05) is 6.54 Å². The Kier molecular flexibility index (Phi) is 31.3. The summed E-state index contributed by atoms with van der Waals surface area (Å²) in [5, 5.41) is 11.0. The molecule has 44 heavy (non-hydrogen) atoms. The highest BCUT2D eigenvalue weighted by molar-refractivity contribution is 5.80. The lowest BCUT2D eigenvalue weighted by Crippen LogP contribution is -2.28. The third-order valence-corrected chi connectivity index (χ3v) is 7.46. The second kappa shape index (κ2) is 33.3.